The molecule has 1 aromatic heterocycles. The van der Waals surface area contributed by atoms with Gasteiger partial charge in [-0.25, -0.2) is 9.97 Å². The lowest BCUT2D eigenvalue weighted by Crippen LogP contribution is -2.31. The summed E-state index contributed by atoms with van der Waals surface area (Å²) in [6.07, 6.45) is 31.8. The van der Waals surface area contributed by atoms with Crippen LogP contribution < -0.4 is 10.6 Å². The van der Waals surface area contributed by atoms with Crippen molar-refractivity contribution in [2.45, 2.75) is 154 Å². The summed E-state index contributed by atoms with van der Waals surface area (Å²) in [5.74, 6) is 1.16. The van der Waals surface area contributed by atoms with Crippen LogP contribution in [0.4, 0.5) is 5.95 Å². The fourth-order valence-corrected chi connectivity index (χ4v) is 6.47. The summed E-state index contributed by atoms with van der Waals surface area (Å²) in [7, 11) is 0. The fourth-order valence-electron chi connectivity index (χ4n) is 6.47. The Morgan fingerprint density at radius 3 is 2.05 bits per heavy atom. The van der Waals surface area contributed by atoms with E-state index in [-0.39, 0.29) is 11.8 Å². The number of allylic oxidation sites excluding steroid dienone is 2. The molecular formula is C32H52N4O. The number of carbonyl (C=O) groups is 1. The van der Waals surface area contributed by atoms with Crippen LogP contribution in [0.3, 0.4) is 0 Å². The first-order valence-electron chi connectivity index (χ1n) is 15.9. The second kappa shape index (κ2) is 16.1. The second-order valence-electron chi connectivity index (χ2n) is 11.9. The minimum Gasteiger partial charge on any atom is -0.352 e. The van der Waals surface area contributed by atoms with Gasteiger partial charge in [0.25, 0.3) is 0 Å². The number of hydrogen-bond acceptors (Lipinski definition) is 4. The molecule has 2 N–H and O–H groups in total. The average Bonchev–Trinajstić information content (AvgIpc) is 3.11. The molecule has 0 unspecified atom stereocenters. The number of aromatic nitrogens is 2. The smallest absolute Gasteiger partial charge is 0.223 e. The molecule has 2 fully saturated rings. The highest BCUT2D eigenvalue weighted by atomic mass is 16.1. The van der Waals surface area contributed by atoms with Crippen molar-refractivity contribution in [1.29, 1.82) is 0 Å². The zero-order valence-corrected chi connectivity index (χ0v) is 23.4. The van der Waals surface area contributed by atoms with E-state index < -0.39 is 0 Å². The molecule has 3 aliphatic rings. The number of nitrogens with one attached hydrogen (secondary N) is 2. The highest BCUT2D eigenvalue weighted by Gasteiger charge is 2.21. The van der Waals surface area contributed by atoms with Crippen LogP contribution in [0.15, 0.2) is 12.3 Å². The van der Waals surface area contributed by atoms with E-state index in [1.54, 1.807) is 0 Å². The standard InChI is InChI=1S/C32H52N4O/c37-31(27-20-14-8-5-9-15-21-27)33-24-28-25-34-32(35-29-22-16-10-3-4-11-17-23-29)36-30(28)26-18-12-6-1-2-7-13-19-26/h18,25,27,29H,1-17,19-24H2,(H,33,37)(H,34,35,36)/b26-18+. The van der Waals surface area contributed by atoms with Gasteiger partial charge in [0.2, 0.25) is 11.9 Å². The Hall–Kier alpha value is -1.91. The van der Waals surface area contributed by atoms with Crippen LogP contribution in [0, 0.1) is 5.92 Å². The van der Waals surface area contributed by atoms with E-state index in [1.807, 2.05) is 6.20 Å². The first kappa shape index (κ1) is 28.1. The maximum atomic E-state index is 13.1. The first-order chi connectivity index (χ1) is 18.3. The molecular weight excluding hydrogens is 456 g/mol. The molecule has 37 heavy (non-hydrogen) atoms. The third kappa shape index (κ3) is 9.72. The predicted molar refractivity (Wildman–Crippen MR) is 154 cm³/mol. The summed E-state index contributed by atoms with van der Waals surface area (Å²) in [6.45, 7) is 0.533. The normalized spacial score (nSPS) is 23.4. The summed E-state index contributed by atoms with van der Waals surface area (Å²) in [6, 6.07) is 0.463. The topological polar surface area (TPSA) is 66.9 Å². The van der Waals surface area contributed by atoms with E-state index in [0.717, 1.165) is 42.9 Å². The van der Waals surface area contributed by atoms with Crippen molar-refractivity contribution in [2.75, 3.05) is 5.32 Å². The molecule has 3 aliphatic carbocycles. The lowest BCUT2D eigenvalue weighted by atomic mass is 9.90. The summed E-state index contributed by atoms with van der Waals surface area (Å²) in [4.78, 5) is 23.0. The summed E-state index contributed by atoms with van der Waals surface area (Å²) >= 11 is 0. The molecule has 0 aromatic carbocycles. The maximum Gasteiger partial charge on any atom is 0.223 e. The highest BCUT2D eigenvalue weighted by molar-refractivity contribution is 5.78. The van der Waals surface area contributed by atoms with Crippen molar-refractivity contribution in [3.63, 3.8) is 0 Å². The molecule has 5 heteroatoms. The average molecular weight is 509 g/mol. The SMILES string of the molecule is O=C(NCc1cnc(NC2CCCCCCCC2)nc1/C1=C/CCCCCCC1)C1CCCCCCC1. The van der Waals surface area contributed by atoms with Gasteiger partial charge in [0.1, 0.15) is 0 Å². The molecule has 4 rings (SSSR count). The molecule has 1 heterocycles. The lowest BCUT2D eigenvalue weighted by molar-refractivity contribution is -0.125. The Kier molecular flexibility index (Phi) is 12.3. The largest absolute Gasteiger partial charge is 0.352 e. The zero-order valence-electron chi connectivity index (χ0n) is 23.4. The number of anilines is 1. The van der Waals surface area contributed by atoms with Crippen molar-refractivity contribution < 1.29 is 4.79 Å². The van der Waals surface area contributed by atoms with E-state index in [9.17, 15) is 4.79 Å². The van der Waals surface area contributed by atoms with Gasteiger partial charge in [-0.3, -0.25) is 4.79 Å². The molecule has 0 atom stereocenters. The van der Waals surface area contributed by atoms with E-state index in [0.29, 0.717) is 12.6 Å². The van der Waals surface area contributed by atoms with Crippen LogP contribution in [-0.2, 0) is 11.3 Å². The minimum atomic E-state index is 0.165. The monoisotopic (exact) mass is 508 g/mol. The van der Waals surface area contributed by atoms with E-state index >= 15 is 0 Å². The van der Waals surface area contributed by atoms with Gasteiger partial charge in [-0.15, -0.1) is 0 Å². The van der Waals surface area contributed by atoms with Crippen LogP contribution >= 0.6 is 0 Å². The highest BCUT2D eigenvalue weighted by Crippen LogP contribution is 2.28. The van der Waals surface area contributed by atoms with Gasteiger partial charge in [-0.2, -0.15) is 0 Å². The van der Waals surface area contributed by atoms with Gasteiger partial charge in [-0.1, -0.05) is 96.0 Å². The van der Waals surface area contributed by atoms with E-state index in [2.05, 4.69) is 16.7 Å². The molecule has 0 aliphatic heterocycles. The van der Waals surface area contributed by atoms with Crippen molar-refractivity contribution >= 4 is 17.4 Å². The van der Waals surface area contributed by atoms with E-state index in [4.69, 9.17) is 9.97 Å². The van der Waals surface area contributed by atoms with Gasteiger partial charge in [-0.05, 0) is 56.9 Å². The van der Waals surface area contributed by atoms with E-state index in [1.165, 1.54) is 121 Å². The third-order valence-electron chi connectivity index (χ3n) is 8.83. The second-order valence-corrected chi connectivity index (χ2v) is 11.9. The minimum absolute atomic E-state index is 0.165. The van der Waals surface area contributed by atoms with Crippen molar-refractivity contribution in [1.82, 2.24) is 15.3 Å². The van der Waals surface area contributed by atoms with Crippen molar-refractivity contribution in [2.24, 2.45) is 5.92 Å². The first-order valence-corrected chi connectivity index (χ1v) is 15.9. The molecule has 206 valence electrons. The van der Waals surface area contributed by atoms with Crippen LogP contribution in [-0.4, -0.2) is 21.9 Å². The van der Waals surface area contributed by atoms with Gasteiger partial charge < -0.3 is 10.6 Å². The molecule has 2 saturated carbocycles. The van der Waals surface area contributed by atoms with Crippen LogP contribution in [0.5, 0.6) is 0 Å². The Labute approximate surface area is 226 Å². The van der Waals surface area contributed by atoms with Crippen LogP contribution in [0.2, 0.25) is 0 Å². The molecule has 0 bridgehead atoms. The molecule has 5 nitrogen and oxygen atoms in total. The van der Waals surface area contributed by atoms with Gasteiger partial charge in [0, 0.05) is 30.3 Å². The Balaban J connectivity index is 1.49. The Morgan fingerprint density at radius 1 is 0.757 bits per heavy atom. The predicted octanol–water partition coefficient (Wildman–Crippen LogP) is 8.50. The van der Waals surface area contributed by atoms with Crippen molar-refractivity contribution in [3.05, 3.63) is 23.5 Å². The zero-order chi connectivity index (χ0) is 25.5. The lowest BCUT2D eigenvalue weighted by Gasteiger charge is -2.21. The van der Waals surface area contributed by atoms with Crippen molar-refractivity contribution in [3.8, 4) is 0 Å². The Bertz CT molecular complexity index is 833. The summed E-state index contributed by atoms with van der Waals surface area (Å²) in [5.41, 5.74) is 3.50. The number of rotatable bonds is 6. The third-order valence-corrected chi connectivity index (χ3v) is 8.83. The van der Waals surface area contributed by atoms with Gasteiger partial charge in [0.05, 0.1) is 5.69 Å². The molecule has 1 aromatic rings. The number of amides is 1. The van der Waals surface area contributed by atoms with Crippen LogP contribution in [0.1, 0.15) is 153 Å². The molecule has 0 radical (unpaired) electrons. The van der Waals surface area contributed by atoms with Gasteiger partial charge >= 0.3 is 0 Å². The quantitative estimate of drug-likeness (QED) is 0.404. The fraction of sp³-hybridized carbons (Fsp3) is 0.781. The number of carbonyl (C=O) groups excluding carboxylic acids is 1. The number of hydrogen-bond donors (Lipinski definition) is 2. The summed E-state index contributed by atoms with van der Waals surface area (Å²) < 4.78 is 0. The Morgan fingerprint density at radius 2 is 1.35 bits per heavy atom. The van der Waals surface area contributed by atoms with Gasteiger partial charge in [0.15, 0.2) is 0 Å². The maximum absolute atomic E-state index is 13.1. The molecule has 0 saturated heterocycles. The molecule has 1 amide bonds. The number of nitrogens with zero attached hydrogens (tertiary/aromatic N) is 2. The molecule has 0 spiro atoms. The summed E-state index contributed by atoms with van der Waals surface area (Å²) in [5, 5.41) is 7.01. The van der Waals surface area contributed by atoms with Crippen LogP contribution in [0.25, 0.3) is 5.57 Å².